The van der Waals surface area contributed by atoms with Crippen molar-refractivity contribution in [2.75, 3.05) is 7.11 Å². The van der Waals surface area contributed by atoms with Gasteiger partial charge in [0.15, 0.2) is 5.78 Å². The molecule has 0 N–H and O–H groups in total. The highest BCUT2D eigenvalue weighted by molar-refractivity contribution is 6.12. The van der Waals surface area contributed by atoms with Gasteiger partial charge in [-0.25, -0.2) is 0 Å². The van der Waals surface area contributed by atoms with Crippen molar-refractivity contribution in [3.8, 4) is 5.75 Å². The molecule has 1 saturated carbocycles. The van der Waals surface area contributed by atoms with Crippen molar-refractivity contribution in [1.29, 1.82) is 0 Å². The van der Waals surface area contributed by atoms with E-state index in [1.807, 2.05) is 36.0 Å². The molecule has 0 saturated heterocycles. The van der Waals surface area contributed by atoms with Crippen LogP contribution in [0.3, 0.4) is 0 Å². The maximum absolute atomic E-state index is 13.1. The molecule has 0 unspecified atom stereocenters. The second-order valence-electron chi connectivity index (χ2n) is 7.25. The smallest absolute Gasteiger partial charge is 0.169 e. The van der Waals surface area contributed by atoms with Crippen LogP contribution in [0.5, 0.6) is 5.75 Å². The Balaban J connectivity index is 2.16. The normalized spacial score (nSPS) is 19.7. The van der Waals surface area contributed by atoms with Crippen LogP contribution in [0.1, 0.15) is 38.1 Å². The predicted molar refractivity (Wildman–Crippen MR) is 84.9 cm³/mol. The number of nitrogens with zero attached hydrogens (tertiary/aromatic N) is 1. The Kier molecular flexibility index (Phi) is 2.78. The quantitative estimate of drug-likeness (QED) is 0.797. The first-order valence-corrected chi connectivity index (χ1v) is 7.39. The average molecular weight is 285 g/mol. The highest BCUT2D eigenvalue weighted by atomic mass is 16.5. The molecule has 1 aromatic heterocycles. The minimum absolute atomic E-state index is 0.0499. The predicted octanol–water partition coefficient (Wildman–Crippen LogP) is 4.05. The third kappa shape index (κ3) is 1.69. The van der Waals surface area contributed by atoms with E-state index in [4.69, 9.17) is 4.74 Å². The van der Waals surface area contributed by atoms with E-state index in [-0.39, 0.29) is 22.5 Å². The van der Waals surface area contributed by atoms with E-state index in [2.05, 4.69) is 27.7 Å². The molecule has 3 rings (SSSR count). The van der Waals surface area contributed by atoms with Gasteiger partial charge in [0.05, 0.1) is 18.0 Å². The van der Waals surface area contributed by atoms with Crippen LogP contribution in [0.25, 0.3) is 10.9 Å². The summed E-state index contributed by atoms with van der Waals surface area (Å²) in [6, 6.07) is 5.90. The molecule has 21 heavy (non-hydrogen) atoms. The lowest BCUT2D eigenvalue weighted by molar-refractivity contribution is 0.0946. The lowest BCUT2D eigenvalue weighted by atomic mass is 10.0. The first-order chi connectivity index (χ1) is 9.73. The van der Waals surface area contributed by atoms with Gasteiger partial charge in [-0.15, -0.1) is 0 Å². The van der Waals surface area contributed by atoms with Crippen LogP contribution in [0, 0.1) is 16.7 Å². The van der Waals surface area contributed by atoms with Gasteiger partial charge in [0.1, 0.15) is 5.75 Å². The van der Waals surface area contributed by atoms with Crippen LogP contribution >= 0.6 is 0 Å². The molecule has 1 aliphatic rings. The number of Topliss-reactive ketones (excluding diaryl/α,β-unsaturated/α-hetero) is 1. The zero-order valence-corrected chi connectivity index (χ0v) is 13.7. The summed E-state index contributed by atoms with van der Waals surface area (Å²) in [6.07, 6.45) is 1.94. The van der Waals surface area contributed by atoms with E-state index in [9.17, 15) is 4.79 Å². The molecule has 3 nitrogen and oxygen atoms in total. The average Bonchev–Trinajstić information content (AvgIpc) is 2.70. The Hall–Kier alpha value is -1.77. The molecule has 0 amide bonds. The van der Waals surface area contributed by atoms with Crippen LogP contribution in [0.2, 0.25) is 0 Å². The molecule has 0 radical (unpaired) electrons. The maximum atomic E-state index is 13.1. The van der Waals surface area contributed by atoms with Gasteiger partial charge < -0.3 is 9.30 Å². The number of methoxy groups -OCH3 is 1. The van der Waals surface area contributed by atoms with Crippen molar-refractivity contribution in [2.24, 2.45) is 23.8 Å². The van der Waals surface area contributed by atoms with Crippen LogP contribution < -0.4 is 4.74 Å². The second kappa shape index (κ2) is 4.12. The fourth-order valence-electron chi connectivity index (χ4n) is 3.78. The zero-order chi connectivity index (χ0) is 15.6. The number of hydrogen-bond donors (Lipinski definition) is 0. The third-order valence-corrected chi connectivity index (χ3v) is 5.74. The SMILES string of the molecule is COc1cccc2c1c(C(=O)C1C(C)(C)C1(C)C)cn2C. The van der Waals surface area contributed by atoms with Gasteiger partial charge in [-0.1, -0.05) is 33.8 Å². The summed E-state index contributed by atoms with van der Waals surface area (Å²) in [5.74, 6) is 1.08. The highest BCUT2D eigenvalue weighted by Crippen LogP contribution is 2.69. The molecule has 0 aliphatic heterocycles. The van der Waals surface area contributed by atoms with E-state index >= 15 is 0 Å². The van der Waals surface area contributed by atoms with Crippen LogP contribution in [-0.2, 0) is 7.05 Å². The number of fused-ring (bicyclic) bond motifs is 1. The van der Waals surface area contributed by atoms with Crippen molar-refractivity contribution in [1.82, 2.24) is 4.57 Å². The summed E-state index contributed by atoms with van der Waals surface area (Å²) < 4.78 is 7.48. The van der Waals surface area contributed by atoms with E-state index in [0.717, 1.165) is 22.2 Å². The Bertz CT molecular complexity index is 723. The number of aromatic nitrogens is 1. The van der Waals surface area contributed by atoms with Gasteiger partial charge in [0, 0.05) is 24.7 Å². The van der Waals surface area contributed by atoms with Gasteiger partial charge in [-0.2, -0.15) is 0 Å². The minimum Gasteiger partial charge on any atom is -0.496 e. The maximum Gasteiger partial charge on any atom is 0.169 e. The van der Waals surface area contributed by atoms with E-state index in [1.54, 1.807) is 7.11 Å². The summed E-state index contributed by atoms with van der Waals surface area (Å²) in [4.78, 5) is 13.1. The number of benzene rings is 1. The molecule has 2 aromatic rings. The number of aryl methyl sites for hydroxylation is 1. The standard InChI is InChI=1S/C18H23NO2/c1-17(2)16(18(17,3)4)15(20)11-10-19(5)12-8-7-9-13(21-6)14(11)12/h7-10,16H,1-6H3. The highest BCUT2D eigenvalue weighted by Gasteiger charge is 2.68. The Morgan fingerprint density at radius 2 is 1.81 bits per heavy atom. The molecular weight excluding hydrogens is 262 g/mol. The zero-order valence-electron chi connectivity index (χ0n) is 13.7. The molecule has 0 spiro atoms. The lowest BCUT2D eigenvalue weighted by Crippen LogP contribution is -2.07. The van der Waals surface area contributed by atoms with Gasteiger partial charge in [0.2, 0.25) is 0 Å². The van der Waals surface area contributed by atoms with Gasteiger partial charge in [-0.3, -0.25) is 4.79 Å². The molecular formula is C18H23NO2. The lowest BCUT2D eigenvalue weighted by Gasteiger charge is -2.05. The van der Waals surface area contributed by atoms with Crippen LogP contribution in [0.15, 0.2) is 24.4 Å². The minimum atomic E-state index is 0.0499. The van der Waals surface area contributed by atoms with Crippen LogP contribution in [0.4, 0.5) is 0 Å². The van der Waals surface area contributed by atoms with Gasteiger partial charge >= 0.3 is 0 Å². The van der Waals surface area contributed by atoms with E-state index < -0.39 is 0 Å². The topological polar surface area (TPSA) is 31.2 Å². The summed E-state index contributed by atoms with van der Waals surface area (Å²) in [6.45, 7) is 8.71. The fourth-order valence-corrected chi connectivity index (χ4v) is 3.78. The van der Waals surface area contributed by atoms with Crippen molar-refractivity contribution in [2.45, 2.75) is 27.7 Å². The molecule has 3 heteroatoms. The largest absolute Gasteiger partial charge is 0.496 e. The molecule has 112 valence electrons. The molecule has 1 fully saturated rings. The number of hydrogen-bond acceptors (Lipinski definition) is 2. The second-order valence-corrected chi connectivity index (χ2v) is 7.25. The molecule has 1 aromatic carbocycles. The van der Waals surface area contributed by atoms with E-state index in [1.165, 1.54) is 0 Å². The van der Waals surface area contributed by atoms with E-state index in [0.29, 0.717) is 0 Å². The summed E-state index contributed by atoms with van der Waals surface area (Å²) in [7, 11) is 3.63. The number of ether oxygens (including phenoxy) is 1. The third-order valence-electron chi connectivity index (χ3n) is 5.74. The summed E-state index contributed by atoms with van der Waals surface area (Å²) in [5.41, 5.74) is 1.92. The Labute approximate surface area is 125 Å². The fraction of sp³-hybridized carbons (Fsp3) is 0.500. The number of carbonyl (C=O) groups excluding carboxylic acids is 1. The van der Waals surface area contributed by atoms with Gasteiger partial charge in [0.25, 0.3) is 0 Å². The first-order valence-electron chi connectivity index (χ1n) is 7.39. The Morgan fingerprint density at radius 1 is 1.19 bits per heavy atom. The molecule has 0 atom stereocenters. The summed E-state index contributed by atoms with van der Waals surface area (Å²) >= 11 is 0. The number of rotatable bonds is 3. The van der Waals surface area contributed by atoms with Crippen molar-refractivity contribution >= 4 is 16.7 Å². The first kappa shape index (κ1) is 14.2. The van der Waals surface area contributed by atoms with Crippen molar-refractivity contribution < 1.29 is 9.53 Å². The van der Waals surface area contributed by atoms with Crippen molar-refractivity contribution in [3.05, 3.63) is 30.0 Å². The van der Waals surface area contributed by atoms with Gasteiger partial charge in [-0.05, 0) is 23.0 Å². The van der Waals surface area contributed by atoms with Crippen LogP contribution in [-0.4, -0.2) is 17.5 Å². The number of carbonyl (C=O) groups is 1. The summed E-state index contributed by atoms with van der Waals surface area (Å²) in [5, 5.41) is 0.936. The molecule has 1 heterocycles. The monoisotopic (exact) mass is 285 g/mol. The molecule has 1 aliphatic carbocycles. The Morgan fingerprint density at radius 3 is 2.33 bits per heavy atom. The molecule has 0 bridgehead atoms. The number of ketones is 1. The van der Waals surface area contributed by atoms with Crippen molar-refractivity contribution in [3.63, 3.8) is 0 Å².